The number of anilines is 1. The molecule has 1 aliphatic heterocycles. The van der Waals surface area contributed by atoms with Crippen molar-refractivity contribution in [3.63, 3.8) is 0 Å². The van der Waals surface area contributed by atoms with Crippen molar-refractivity contribution in [1.82, 2.24) is 20.1 Å². The Morgan fingerprint density at radius 1 is 1.08 bits per heavy atom. The number of benzene rings is 1. The van der Waals surface area contributed by atoms with Crippen LogP contribution in [-0.4, -0.2) is 54.0 Å². The Hall–Kier alpha value is -3.05. The normalized spacial score (nSPS) is 16.0. The average Bonchev–Trinajstić information content (AvgIpc) is 3.51. The van der Waals surface area contributed by atoms with Crippen molar-refractivity contribution in [2.24, 2.45) is 5.92 Å². The smallest absolute Gasteiger partial charge is 0.324 e. The van der Waals surface area contributed by atoms with Crippen molar-refractivity contribution < 1.29 is 17.7 Å². The molecule has 4 aromatic rings. The van der Waals surface area contributed by atoms with Crippen LogP contribution in [0, 0.1) is 12.8 Å². The predicted octanol–water partition coefficient (Wildman–Crippen LogP) is 5.26. The largest absolute Gasteiger partial charge is 0.467 e. The van der Waals surface area contributed by atoms with Crippen LogP contribution in [0.4, 0.5) is 6.01 Å². The highest BCUT2D eigenvalue weighted by molar-refractivity contribution is 7.90. The van der Waals surface area contributed by atoms with E-state index in [1.54, 1.807) is 24.3 Å². The van der Waals surface area contributed by atoms with Crippen molar-refractivity contribution in [1.29, 1.82) is 0 Å². The van der Waals surface area contributed by atoms with E-state index in [0.717, 1.165) is 58.9 Å². The highest BCUT2D eigenvalue weighted by atomic mass is 32.2. The first-order valence-electron chi connectivity index (χ1n) is 12.4. The highest BCUT2D eigenvalue weighted by Crippen LogP contribution is 2.34. The van der Waals surface area contributed by atoms with Gasteiger partial charge in [0, 0.05) is 30.8 Å². The van der Waals surface area contributed by atoms with E-state index in [1.165, 1.54) is 17.6 Å². The molecule has 1 atom stereocenters. The maximum Gasteiger partial charge on any atom is 0.324 e. The fraction of sp³-hybridized carbons (Fsp3) is 0.462. The van der Waals surface area contributed by atoms with E-state index >= 15 is 0 Å². The lowest BCUT2D eigenvalue weighted by molar-refractivity contribution is 0.131. The molecular formula is C26H31N5O4S2. The van der Waals surface area contributed by atoms with Gasteiger partial charge in [0.05, 0.1) is 10.6 Å². The van der Waals surface area contributed by atoms with Gasteiger partial charge in [0.2, 0.25) is 0 Å². The molecule has 3 aromatic heterocycles. The number of rotatable bonds is 7. The molecule has 0 aliphatic carbocycles. The number of thiazole rings is 1. The van der Waals surface area contributed by atoms with Crippen molar-refractivity contribution in [3.05, 3.63) is 41.7 Å². The topological polar surface area (TPSA) is 111 Å². The quantitative estimate of drug-likeness (QED) is 0.309. The molecule has 37 heavy (non-hydrogen) atoms. The van der Waals surface area contributed by atoms with Gasteiger partial charge < -0.3 is 14.2 Å². The minimum Gasteiger partial charge on any atom is -0.467 e. The van der Waals surface area contributed by atoms with Gasteiger partial charge in [0.15, 0.2) is 15.7 Å². The fourth-order valence-electron chi connectivity index (χ4n) is 4.52. The molecule has 1 aliphatic rings. The van der Waals surface area contributed by atoms with Gasteiger partial charge in [-0.3, -0.25) is 0 Å². The summed E-state index contributed by atoms with van der Waals surface area (Å²) in [6, 6.07) is 9.38. The maximum atomic E-state index is 11.8. The lowest BCUT2D eigenvalue weighted by Crippen LogP contribution is -2.38. The Kier molecular flexibility index (Phi) is 6.93. The zero-order chi connectivity index (χ0) is 26.3. The molecule has 0 N–H and O–H groups in total. The van der Waals surface area contributed by atoms with Crippen molar-refractivity contribution in [3.8, 4) is 16.5 Å². The van der Waals surface area contributed by atoms with Gasteiger partial charge in [-0.05, 0) is 56.4 Å². The van der Waals surface area contributed by atoms with Gasteiger partial charge in [-0.15, -0.1) is 0 Å². The second-order valence-corrected chi connectivity index (χ2v) is 12.9. The SMILES string of the molecule is Cc1cc(-c2ccc(S(C)(=O)=O)cc2)nc2sc(OC(C)C3CCN(c4nc(C(C)C)no4)CC3)nc12. The molecule has 11 heteroatoms. The van der Waals surface area contributed by atoms with Gasteiger partial charge in [0.25, 0.3) is 5.19 Å². The molecule has 1 aromatic carbocycles. The number of piperidine rings is 1. The van der Waals surface area contributed by atoms with Gasteiger partial charge in [0.1, 0.15) is 16.5 Å². The molecule has 1 fully saturated rings. The number of hydrogen-bond donors (Lipinski definition) is 0. The van der Waals surface area contributed by atoms with Crippen LogP contribution in [0.15, 0.2) is 39.8 Å². The molecule has 1 saturated heterocycles. The third-order valence-electron chi connectivity index (χ3n) is 6.82. The lowest BCUT2D eigenvalue weighted by atomic mass is 9.92. The number of pyridine rings is 1. The van der Waals surface area contributed by atoms with E-state index in [4.69, 9.17) is 19.2 Å². The van der Waals surface area contributed by atoms with Gasteiger partial charge in [-0.2, -0.15) is 4.98 Å². The number of fused-ring (bicyclic) bond motifs is 1. The van der Waals surface area contributed by atoms with Crippen LogP contribution in [0.3, 0.4) is 0 Å². The summed E-state index contributed by atoms with van der Waals surface area (Å²) < 4.78 is 35.3. The third-order valence-corrected chi connectivity index (χ3v) is 8.79. The molecule has 1 unspecified atom stereocenters. The number of hydrogen-bond acceptors (Lipinski definition) is 10. The number of aryl methyl sites for hydroxylation is 1. The van der Waals surface area contributed by atoms with Gasteiger partial charge in [-0.1, -0.05) is 42.5 Å². The zero-order valence-corrected chi connectivity index (χ0v) is 23.3. The highest BCUT2D eigenvalue weighted by Gasteiger charge is 2.28. The number of aromatic nitrogens is 4. The molecule has 196 valence electrons. The Balaban J connectivity index is 1.26. The Bertz CT molecular complexity index is 1500. The fourth-order valence-corrected chi connectivity index (χ4v) is 6.10. The number of ether oxygens (including phenoxy) is 1. The Morgan fingerprint density at radius 3 is 2.41 bits per heavy atom. The van der Waals surface area contributed by atoms with E-state index in [-0.39, 0.29) is 12.0 Å². The molecule has 0 spiro atoms. The second-order valence-electron chi connectivity index (χ2n) is 9.99. The summed E-state index contributed by atoms with van der Waals surface area (Å²) in [5, 5.41) is 4.69. The summed E-state index contributed by atoms with van der Waals surface area (Å²) in [5.41, 5.74) is 3.47. The van der Waals surface area contributed by atoms with Crippen molar-refractivity contribution >= 4 is 37.5 Å². The van der Waals surface area contributed by atoms with E-state index in [0.29, 0.717) is 22.0 Å². The summed E-state index contributed by atoms with van der Waals surface area (Å²) in [4.78, 5) is 17.3. The van der Waals surface area contributed by atoms with Crippen LogP contribution in [0.5, 0.6) is 5.19 Å². The first kappa shape index (κ1) is 25.6. The maximum absolute atomic E-state index is 11.8. The van der Waals surface area contributed by atoms with E-state index in [2.05, 4.69) is 35.8 Å². The molecule has 4 heterocycles. The molecule has 5 rings (SSSR count). The number of sulfone groups is 1. The summed E-state index contributed by atoms with van der Waals surface area (Å²) in [7, 11) is -3.24. The van der Waals surface area contributed by atoms with Crippen molar-refractivity contribution in [2.45, 2.75) is 57.5 Å². The van der Waals surface area contributed by atoms with Crippen LogP contribution < -0.4 is 9.64 Å². The van der Waals surface area contributed by atoms with Crippen LogP contribution in [0.2, 0.25) is 0 Å². The minimum atomic E-state index is -3.24. The minimum absolute atomic E-state index is 0.0138. The van der Waals surface area contributed by atoms with Crippen molar-refractivity contribution in [2.75, 3.05) is 24.2 Å². The second kappa shape index (κ2) is 10.0. The molecule has 0 saturated carbocycles. The van der Waals surface area contributed by atoms with Crippen LogP contribution in [-0.2, 0) is 9.84 Å². The Morgan fingerprint density at radius 2 is 1.78 bits per heavy atom. The molecule has 0 radical (unpaired) electrons. The molecular weight excluding hydrogens is 510 g/mol. The van der Waals surface area contributed by atoms with E-state index in [1.807, 2.05) is 13.0 Å². The van der Waals surface area contributed by atoms with Gasteiger partial charge in [-0.25, -0.2) is 18.4 Å². The predicted molar refractivity (Wildman–Crippen MR) is 144 cm³/mol. The summed E-state index contributed by atoms with van der Waals surface area (Å²) in [5.74, 6) is 1.38. The lowest BCUT2D eigenvalue weighted by Gasteiger charge is -2.33. The van der Waals surface area contributed by atoms with Crippen LogP contribution in [0.1, 0.15) is 50.9 Å². The summed E-state index contributed by atoms with van der Waals surface area (Å²) in [6.07, 6.45) is 3.16. The molecule has 0 amide bonds. The average molecular weight is 542 g/mol. The van der Waals surface area contributed by atoms with Crippen LogP contribution >= 0.6 is 11.3 Å². The standard InChI is InChI=1S/C26H31N5O4S2/c1-15(2)23-29-25(35-30-23)31-12-10-18(11-13-31)17(4)34-26-28-22-16(3)14-21(27-24(22)36-26)19-6-8-20(9-7-19)37(5,32)33/h6-9,14-15,17-18H,10-13H2,1-5H3. The van der Waals surface area contributed by atoms with Gasteiger partial charge >= 0.3 is 6.01 Å². The van der Waals surface area contributed by atoms with E-state index in [9.17, 15) is 8.42 Å². The first-order chi connectivity index (χ1) is 17.6. The monoisotopic (exact) mass is 541 g/mol. The van der Waals surface area contributed by atoms with E-state index < -0.39 is 9.84 Å². The molecule has 0 bridgehead atoms. The third kappa shape index (κ3) is 5.47. The number of nitrogens with zero attached hydrogens (tertiary/aromatic N) is 5. The molecule has 9 nitrogen and oxygen atoms in total. The Labute approximate surface area is 220 Å². The first-order valence-corrected chi connectivity index (χ1v) is 15.1. The van der Waals surface area contributed by atoms with Crippen LogP contribution in [0.25, 0.3) is 21.6 Å². The zero-order valence-electron chi connectivity index (χ0n) is 21.6. The summed E-state index contributed by atoms with van der Waals surface area (Å²) in [6.45, 7) is 9.91. The summed E-state index contributed by atoms with van der Waals surface area (Å²) >= 11 is 1.44.